The highest BCUT2D eigenvalue weighted by Gasteiger charge is 2.13. The Balaban J connectivity index is 2.18. The average Bonchev–Trinajstić information content (AvgIpc) is 2.46. The van der Waals surface area contributed by atoms with Crippen LogP contribution in [0.25, 0.3) is 0 Å². The number of rotatable bonds is 5. The lowest BCUT2D eigenvalue weighted by Crippen LogP contribution is -2.09. The number of hydrogen-bond donors (Lipinski definition) is 2. The Labute approximate surface area is 120 Å². The minimum Gasteiger partial charge on any atom is -0.373 e. The second-order valence-corrected chi connectivity index (χ2v) is 5.23. The van der Waals surface area contributed by atoms with Crippen molar-refractivity contribution in [1.82, 2.24) is 9.97 Å². The van der Waals surface area contributed by atoms with Crippen molar-refractivity contribution in [2.75, 3.05) is 17.7 Å². The zero-order chi connectivity index (χ0) is 14.5. The first kappa shape index (κ1) is 14.3. The zero-order valence-electron chi connectivity index (χ0n) is 12.6. The number of aryl methyl sites for hydroxylation is 1. The molecule has 0 fully saturated rings. The van der Waals surface area contributed by atoms with Crippen molar-refractivity contribution in [3.8, 4) is 0 Å². The van der Waals surface area contributed by atoms with Gasteiger partial charge in [-0.1, -0.05) is 43.7 Å². The first-order valence-electron chi connectivity index (χ1n) is 6.94. The van der Waals surface area contributed by atoms with Crippen molar-refractivity contribution in [1.29, 1.82) is 0 Å². The molecule has 106 valence electrons. The van der Waals surface area contributed by atoms with E-state index in [4.69, 9.17) is 0 Å². The lowest BCUT2D eigenvalue weighted by Gasteiger charge is -2.16. The summed E-state index contributed by atoms with van der Waals surface area (Å²) in [5, 5.41) is 6.55. The van der Waals surface area contributed by atoms with Crippen LogP contribution in [0.3, 0.4) is 0 Å². The fraction of sp³-hybridized carbons (Fsp3) is 0.375. The van der Waals surface area contributed by atoms with E-state index in [9.17, 15) is 0 Å². The molecule has 0 atom stereocenters. The summed E-state index contributed by atoms with van der Waals surface area (Å²) >= 11 is 0. The van der Waals surface area contributed by atoms with Gasteiger partial charge in [0.15, 0.2) is 0 Å². The van der Waals surface area contributed by atoms with E-state index >= 15 is 0 Å². The molecule has 0 amide bonds. The molecule has 0 saturated carbocycles. The Morgan fingerprint density at radius 1 is 1.05 bits per heavy atom. The fourth-order valence-corrected chi connectivity index (χ4v) is 2.17. The second-order valence-electron chi connectivity index (χ2n) is 5.23. The largest absolute Gasteiger partial charge is 0.373 e. The molecule has 4 nitrogen and oxygen atoms in total. The molecular formula is C16H22N4. The average molecular weight is 270 g/mol. The van der Waals surface area contributed by atoms with Crippen molar-refractivity contribution < 1.29 is 0 Å². The molecule has 0 unspecified atom stereocenters. The van der Waals surface area contributed by atoms with Crippen molar-refractivity contribution >= 4 is 11.6 Å². The summed E-state index contributed by atoms with van der Waals surface area (Å²) in [4.78, 5) is 8.66. The summed E-state index contributed by atoms with van der Waals surface area (Å²) in [6.45, 7) is 7.16. The van der Waals surface area contributed by atoms with Crippen LogP contribution < -0.4 is 10.6 Å². The van der Waals surface area contributed by atoms with Crippen LogP contribution in [-0.2, 0) is 6.54 Å². The summed E-state index contributed by atoms with van der Waals surface area (Å²) < 4.78 is 0. The van der Waals surface area contributed by atoms with Crippen LogP contribution in [0.5, 0.6) is 0 Å². The topological polar surface area (TPSA) is 49.8 Å². The van der Waals surface area contributed by atoms with Gasteiger partial charge in [0.05, 0.1) is 0 Å². The standard InChI is InChI=1S/C16H22N4/c1-11(2)14-15(17-4)19-10-20-16(14)18-9-13-7-5-12(3)6-8-13/h5-8,10-11H,9H2,1-4H3,(H2,17,18,19,20). The van der Waals surface area contributed by atoms with Crippen LogP contribution in [0, 0.1) is 6.92 Å². The Bertz CT molecular complexity index is 561. The van der Waals surface area contributed by atoms with Crippen LogP contribution in [0.15, 0.2) is 30.6 Å². The lowest BCUT2D eigenvalue weighted by molar-refractivity contribution is 0.846. The number of aromatic nitrogens is 2. The minimum absolute atomic E-state index is 0.360. The SMILES string of the molecule is CNc1ncnc(NCc2ccc(C)cc2)c1C(C)C. The Morgan fingerprint density at radius 2 is 1.70 bits per heavy atom. The molecule has 20 heavy (non-hydrogen) atoms. The number of nitrogens with one attached hydrogen (secondary N) is 2. The quantitative estimate of drug-likeness (QED) is 0.872. The van der Waals surface area contributed by atoms with Gasteiger partial charge in [-0.05, 0) is 18.4 Å². The molecule has 1 aromatic carbocycles. The van der Waals surface area contributed by atoms with E-state index in [-0.39, 0.29) is 0 Å². The normalized spacial score (nSPS) is 10.7. The first-order valence-corrected chi connectivity index (χ1v) is 6.94. The van der Waals surface area contributed by atoms with Crippen LogP contribution in [0.1, 0.15) is 36.5 Å². The molecule has 1 aromatic heterocycles. The minimum atomic E-state index is 0.360. The number of benzene rings is 1. The van der Waals surface area contributed by atoms with Gasteiger partial charge in [0.25, 0.3) is 0 Å². The van der Waals surface area contributed by atoms with Crippen LogP contribution >= 0.6 is 0 Å². The molecule has 4 heteroatoms. The van der Waals surface area contributed by atoms with Crippen LogP contribution in [0.2, 0.25) is 0 Å². The monoisotopic (exact) mass is 270 g/mol. The van der Waals surface area contributed by atoms with E-state index in [0.29, 0.717) is 5.92 Å². The Hall–Kier alpha value is -2.10. The molecule has 1 heterocycles. The lowest BCUT2D eigenvalue weighted by atomic mass is 10.0. The predicted octanol–water partition coefficient (Wildman–Crippen LogP) is 3.56. The van der Waals surface area contributed by atoms with Gasteiger partial charge < -0.3 is 10.6 Å². The molecule has 0 spiro atoms. The molecule has 0 aliphatic heterocycles. The van der Waals surface area contributed by atoms with Crippen molar-refractivity contribution in [3.63, 3.8) is 0 Å². The summed E-state index contributed by atoms with van der Waals surface area (Å²) in [6, 6.07) is 8.52. The fourth-order valence-electron chi connectivity index (χ4n) is 2.17. The third-order valence-corrected chi connectivity index (χ3v) is 3.28. The number of anilines is 2. The Kier molecular flexibility index (Phi) is 4.56. The highest BCUT2D eigenvalue weighted by atomic mass is 15.1. The van der Waals surface area contributed by atoms with E-state index in [0.717, 1.165) is 23.7 Å². The molecule has 0 bridgehead atoms. The number of hydrogen-bond acceptors (Lipinski definition) is 4. The summed E-state index contributed by atoms with van der Waals surface area (Å²) in [6.07, 6.45) is 1.59. The van der Waals surface area contributed by atoms with Gasteiger partial charge in [0.2, 0.25) is 0 Å². The maximum Gasteiger partial charge on any atom is 0.135 e. The maximum absolute atomic E-state index is 4.38. The van der Waals surface area contributed by atoms with Gasteiger partial charge in [-0.2, -0.15) is 0 Å². The molecule has 2 N–H and O–H groups in total. The van der Waals surface area contributed by atoms with Gasteiger partial charge in [-0.25, -0.2) is 9.97 Å². The predicted molar refractivity (Wildman–Crippen MR) is 84.2 cm³/mol. The van der Waals surface area contributed by atoms with E-state index in [2.05, 4.69) is 65.6 Å². The third kappa shape index (κ3) is 3.26. The van der Waals surface area contributed by atoms with E-state index in [1.54, 1.807) is 6.33 Å². The van der Waals surface area contributed by atoms with E-state index in [1.165, 1.54) is 11.1 Å². The van der Waals surface area contributed by atoms with Crippen molar-refractivity contribution in [2.45, 2.75) is 33.2 Å². The van der Waals surface area contributed by atoms with Gasteiger partial charge in [0.1, 0.15) is 18.0 Å². The van der Waals surface area contributed by atoms with E-state index < -0.39 is 0 Å². The van der Waals surface area contributed by atoms with Crippen LogP contribution in [0.4, 0.5) is 11.6 Å². The van der Waals surface area contributed by atoms with Gasteiger partial charge in [0, 0.05) is 19.2 Å². The first-order chi connectivity index (χ1) is 9.61. The zero-order valence-corrected chi connectivity index (χ0v) is 12.6. The highest BCUT2D eigenvalue weighted by molar-refractivity contribution is 5.58. The molecule has 2 aromatic rings. The molecule has 0 saturated heterocycles. The summed E-state index contributed by atoms with van der Waals surface area (Å²) in [7, 11) is 1.89. The van der Waals surface area contributed by atoms with Gasteiger partial charge in [-0.15, -0.1) is 0 Å². The summed E-state index contributed by atoms with van der Waals surface area (Å²) in [5.74, 6) is 2.15. The van der Waals surface area contributed by atoms with E-state index in [1.807, 2.05) is 7.05 Å². The molecule has 0 aliphatic rings. The van der Waals surface area contributed by atoms with Gasteiger partial charge >= 0.3 is 0 Å². The third-order valence-electron chi connectivity index (χ3n) is 3.28. The molecular weight excluding hydrogens is 248 g/mol. The molecule has 0 radical (unpaired) electrons. The highest BCUT2D eigenvalue weighted by Crippen LogP contribution is 2.28. The van der Waals surface area contributed by atoms with Gasteiger partial charge in [-0.3, -0.25) is 0 Å². The smallest absolute Gasteiger partial charge is 0.135 e. The van der Waals surface area contributed by atoms with Crippen LogP contribution in [-0.4, -0.2) is 17.0 Å². The second kappa shape index (κ2) is 6.37. The maximum atomic E-state index is 4.38. The molecule has 2 rings (SSSR count). The molecule has 0 aliphatic carbocycles. The van der Waals surface area contributed by atoms with Crippen molar-refractivity contribution in [2.24, 2.45) is 0 Å². The Morgan fingerprint density at radius 3 is 2.30 bits per heavy atom. The van der Waals surface area contributed by atoms with Crippen molar-refractivity contribution in [3.05, 3.63) is 47.3 Å². The summed E-state index contributed by atoms with van der Waals surface area (Å²) in [5.41, 5.74) is 3.65. The number of nitrogens with zero attached hydrogens (tertiary/aromatic N) is 2.